The molecular weight excluding hydrogens is 234 g/mol. The summed E-state index contributed by atoms with van der Waals surface area (Å²) >= 11 is 0. The predicted molar refractivity (Wildman–Crippen MR) is 66.8 cm³/mol. The van der Waals surface area contributed by atoms with Crippen LogP contribution in [0.15, 0.2) is 17.2 Å². The third-order valence-electron chi connectivity index (χ3n) is 2.83. The number of hydrogen-bond donors (Lipinski definition) is 2. The van der Waals surface area contributed by atoms with Gasteiger partial charge in [-0.05, 0) is 12.3 Å². The molecule has 0 aliphatic heterocycles. The van der Waals surface area contributed by atoms with Gasteiger partial charge in [-0.1, -0.05) is 13.8 Å². The number of carbonyl (C=O) groups is 1. The second-order valence-corrected chi connectivity index (χ2v) is 4.65. The molecule has 0 fully saturated rings. The number of aromatic nitrogens is 3. The number of carboxylic acids is 1. The fourth-order valence-electron chi connectivity index (χ4n) is 1.76. The Labute approximate surface area is 103 Å². The summed E-state index contributed by atoms with van der Waals surface area (Å²) in [7, 11) is 0. The molecule has 0 atom stereocenters. The second kappa shape index (κ2) is 4.64. The molecule has 0 aliphatic rings. The lowest BCUT2D eigenvalue weighted by molar-refractivity contribution is 0.0695. The van der Waals surface area contributed by atoms with Crippen molar-refractivity contribution in [3.63, 3.8) is 0 Å². The van der Waals surface area contributed by atoms with Crippen molar-refractivity contribution in [1.29, 1.82) is 0 Å². The van der Waals surface area contributed by atoms with Crippen LogP contribution in [-0.4, -0.2) is 25.8 Å². The van der Waals surface area contributed by atoms with Gasteiger partial charge in [0.15, 0.2) is 0 Å². The Morgan fingerprint density at radius 2 is 2.28 bits per heavy atom. The highest BCUT2D eigenvalue weighted by atomic mass is 16.4. The Kier molecular flexibility index (Phi) is 3.18. The van der Waals surface area contributed by atoms with E-state index in [1.54, 1.807) is 4.68 Å². The lowest BCUT2D eigenvalue weighted by atomic mass is 10.1. The van der Waals surface area contributed by atoms with Gasteiger partial charge in [-0.15, -0.1) is 0 Å². The van der Waals surface area contributed by atoms with E-state index in [2.05, 4.69) is 23.9 Å². The highest BCUT2D eigenvalue weighted by Crippen LogP contribution is 2.10. The van der Waals surface area contributed by atoms with Crippen LogP contribution >= 0.6 is 0 Å². The van der Waals surface area contributed by atoms with Crippen LogP contribution in [0.2, 0.25) is 0 Å². The molecule has 18 heavy (non-hydrogen) atoms. The Morgan fingerprint density at radius 1 is 1.56 bits per heavy atom. The number of pyridine rings is 1. The van der Waals surface area contributed by atoms with E-state index in [-0.39, 0.29) is 5.56 Å². The maximum absolute atomic E-state index is 11.9. The molecule has 0 amide bonds. The first-order valence-corrected chi connectivity index (χ1v) is 5.81. The topological polar surface area (TPSA) is 88.0 Å². The maximum atomic E-state index is 11.9. The van der Waals surface area contributed by atoms with Gasteiger partial charge in [0.05, 0.1) is 11.6 Å². The van der Waals surface area contributed by atoms with E-state index in [1.165, 1.54) is 12.4 Å². The van der Waals surface area contributed by atoms with E-state index in [4.69, 9.17) is 5.11 Å². The minimum atomic E-state index is -1.23. The van der Waals surface area contributed by atoms with E-state index in [1.807, 2.05) is 0 Å². The van der Waals surface area contributed by atoms with Crippen LogP contribution in [0.3, 0.4) is 0 Å². The summed E-state index contributed by atoms with van der Waals surface area (Å²) in [6.07, 6.45) is 3.58. The van der Waals surface area contributed by atoms with Crippen LogP contribution in [0.5, 0.6) is 0 Å². The number of aryl methyl sites for hydroxylation is 1. The molecule has 0 spiro atoms. The van der Waals surface area contributed by atoms with Gasteiger partial charge < -0.3 is 10.1 Å². The highest BCUT2D eigenvalue weighted by molar-refractivity contribution is 5.91. The average molecular weight is 249 g/mol. The van der Waals surface area contributed by atoms with Gasteiger partial charge in [0, 0.05) is 12.7 Å². The number of aromatic carboxylic acids is 1. The van der Waals surface area contributed by atoms with E-state index in [0.717, 1.165) is 6.42 Å². The largest absolute Gasteiger partial charge is 0.477 e. The monoisotopic (exact) mass is 249 g/mol. The second-order valence-electron chi connectivity index (χ2n) is 4.65. The molecule has 2 heterocycles. The number of nitrogens with zero attached hydrogens (tertiary/aromatic N) is 2. The van der Waals surface area contributed by atoms with Gasteiger partial charge in [0.1, 0.15) is 11.2 Å². The lowest BCUT2D eigenvalue weighted by Crippen LogP contribution is -2.15. The molecular formula is C12H15N3O3. The zero-order valence-corrected chi connectivity index (χ0v) is 10.3. The van der Waals surface area contributed by atoms with Crippen molar-refractivity contribution in [1.82, 2.24) is 14.8 Å². The average Bonchev–Trinajstić information content (AvgIpc) is 2.70. The molecule has 2 rings (SSSR count). The molecule has 2 aromatic heterocycles. The molecule has 0 aliphatic carbocycles. The fraction of sp³-hybridized carbons (Fsp3) is 0.417. The summed E-state index contributed by atoms with van der Waals surface area (Å²) in [5.41, 5.74) is -0.177. The molecule has 6 nitrogen and oxygen atoms in total. The maximum Gasteiger partial charge on any atom is 0.341 e. The zero-order valence-electron chi connectivity index (χ0n) is 10.3. The first kappa shape index (κ1) is 12.3. The van der Waals surface area contributed by atoms with Crippen molar-refractivity contribution < 1.29 is 9.90 Å². The van der Waals surface area contributed by atoms with Crippen molar-refractivity contribution in [2.45, 2.75) is 26.8 Å². The van der Waals surface area contributed by atoms with Crippen LogP contribution in [0.1, 0.15) is 30.6 Å². The van der Waals surface area contributed by atoms with E-state index < -0.39 is 11.4 Å². The van der Waals surface area contributed by atoms with Gasteiger partial charge in [0.2, 0.25) is 5.43 Å². The van der Waals surface area contributed by atoms with Gasteiger partial charge in [-0.25, -0.2) is 9.48 Å². The smallest absolute Gasteiger partial charge is 0.341 e. The van der Waals surface area contributed by atoms with Crippen molar-refractivity contribution >= 4 is 17.0 Å². The molecule has 0 saturated heterocycles. The zero-order chi connectivity index (χ0) is 13.3. The van der Waals surface area contributed by atoms with Crippen molar-refractivity contribution in [2.75, 3.05) is 0 Å². The van der Waals surface area contributed by atoms with Gasteiger partial charge in [0.25, 0.3) is 0 Å². The van der Waals surface area contributed by atoms with Gasteiger partial charge in [-0.3, -0.25) is 4.79 Å². The molecule has 0 saturated carbocycles. The predicted octanol–water partition coefficient (Wildman–Crippen LogP) is 1.47. The molecule has 0 bridgehead atoms. The highest BCUT2D eigenvalue weighted by Gasteiger charge is 2.14. The van der Waals surface area contributed by atoms with Crippen molar-refractivity contribution in [2.24, 2.45) is 5.92 Å². The quantitative estimate of drug-likeness (QED) is 0.858. The lowest BCUT2D eigenvalue weighted by Gasteiger charge is -2.05. The van der Waals surface area contributed by atoms with Gasteiger partial charge >= 0.3 is 5.97 Å². The molecule has 2 aromatic rings. The minimum absolute atomic E-state index is 0.258. The van der Waals surface area contributed by atoms with E-state index in [9.17, 15) is 9.59 Å². The summed E-state index contributed by atoms with van der Waals surface area (Å²) < 4.78 is 1.70. The number of fused-ring (bicyclic) bond motifs is 1. The van der Waals surface area contributed by atoms with Crippen LogP contribution in [0.4, 0.5) is 0 Å². The number of nitrogens with one attached hydrogen (secondary N) is 1. The summed E-state index contributed by atoms with van der Waals surface area (Å²) in [4.78, 5) is 25.5. The summed E-state index contributed by atoms with van der Waals surface area (Å²) in [6.45, 7) is 4.91. The number of rotatable bonds is 4. The number of hydrogen-bond acceptors (Lipinski definition) is 3. The molecule has 0 unspecified atom stereocenters. The third kappa shape index (κ3) is 2.13. The Bertz CT molecular complexity index is 640. The van der Waals surface area contributed by atoms with Gasteiger partial charge in [-0.2, -0.15) is 5.10 Å². The standard InChI is InChI=1S/C12H15N3O3/c1-7(2)3-4-15-11-8(6-14-15)10(16)9(5-13-11)12(17)18/h5-7H,3-4H2,1-2H3,(H,13,16)(H,17,18). The first-order chi connectivity index (χ1) is 8.50. The van der Waals surface area contributed by atoms with Crippen LogP contribution < -0.4 is 5.43 Å². The minimum Gasteiger partial charge on any atom is -0.477 e. The molecule has 0 aromatic carbocycles. The molecule has 2 N–H and O–H groups in total. The van der Waals surface area contributed by atoms with Crippen molar-refractivity contribution in [3.8, 4) is 0 Å². The van der Waals surface area contributed by atoms with Crippen molar-refractivity contribution in [3.05, 3.63) is 28.2 Å². The number of carboxylic acid groups (broad SMARTS) is 1. The normalized spacial score (nSPS) is 11.3. The van der Waals surface area contributed by atoms with Crippen LogP contribution in [0.25, 0.3) is 11.0 Å². The van der Waals surface area contributed by atoms with Crippen LogP contribution in [0, 0.1) is 5.92 Å². The Hall–Kier alpha value is -2.11. The molecule has 96 valence electrons. The fourth-order valence-corrected chi connectivity index (χ4v) is 1.76. The summed E-state index contributed by atoms with van der Waals surface area (Å²) in [5.74, 6) is -0.692. The third-order valence-corrected chi connectivity index (χ3v) is 2.83. The van der Waals surface area contributed by atoms with Crippen LogP contribution in [-0.2, 0) is 6.54 Å². The van der Waals surface area contributed by atoms with E-state index in [0.29, 0.717) is 23.5 Å². The molecule has 0 radical (unpaired) electrons. The Balaban J connectivity index is 2.46. The van der Waals surface area contributed by atoms with E-state index >= 15 is 0 Å². The summed E-state index contributed by atoms with van der Waals surface area (Å²) in [6, 6.07) is 0. The number of aromatic amines is 1. The SMILES string of the molecule is CC(C)CCn1ncc2c(=O)c(C(=O)O)c[nH]c21. The summed E-state index contributed by atoms with van der Waals surface area (Å²) in [5, 5.41) is 13.3. The number of H-pyrrole nitrogens is 1. The first-order valence-electron chi connectivity index (χ1n) is 5.81. The Morgan fingerprint density at radius 3 is 2.89 bits per heavy atom. The molecule has 6 heteroatoms.